The van der Waals surface area contributed by atoms with Crippen LogP contribution in [0.4, 0.5) is 0 Å². The van der Waals surface area contributed by atoms with Gasteiger partial charge in [-0.3, -0.25) is 14.5 Å². The topological polar surface area (TPSA) is 59.1 Å². The lowest BCUT2D eigenvalue weighted by atomic mass is 10.3. The van der Waals surface area contributed by atoms with Gasteiger partial charge in [-0.25, -0.2) is 0 Å². The van der Waals surface area contributed by atoms with E-state index in [9.17, 15) is 9.59 Å². The summed E-state index contributed by atoms with van der Waals surface area (Å²) in [5.41, 5.74) is 0. The lowest BCUT2D eigenvalue weighted by molar-refractivity contribution is -0.144. The Morgan fingerprint density at radius 1 is 1.20 bits per heavy atom. The SMILES string of the molecule is CCOC(=O)CCN(CCN1CCOCC1)C(=O)CC. The number of nitrogens with zero attached hydrogens (tertiary/aromatic N) is 2. The van der Waals surface area contributed by atoms with Crippen molar-refractivity contribution in [3.8, 4) is 0 Å². The normalized spacial score (nSPS) is 15.9. The van der Waals surface area contributed by atoms with E-state index in [0.29, 0.717) is 26.1 Å². The molecule has 0 spiro atoms. The number of esters is 1. The van der Waals surface area contributed by atoms with Gasteiger partial charge in [0.15, 0.2) is 0 Å². The van der Waals surface area contributed by atoms with Gasteiger partial charge in [0, 0.05) is 39.1 Å². The number of morpholine rings is 1. The highest BCUT2D eigenvalue weighted by Crippen LogP contribution is 2.01. The minimum absolute atomic E-state index is 0.0857. The number of carbonyl (C=O) groups excluding carboxylic acids is 2. The number of carbonyl (C=O) groups is 2. The van der Waals surface area contributed by atoms with Gasteiger partial charge in [0.1, 0.15) is 0 Å². The Labute approximate surface area is 121 Å². The Morgan fingerprint density at radius 2 is 1.90 bits per heavy atom. The zero-order valence-electron chi connectivity index (χ0n) is 12.6. The zero-order valence-corrected chi connectivity index (χ0v) is 12.6. The van der Waals surface area contributed by atoms with Crippen LogP contribution in [0.2, 0.25) is 0 Å². The molecule has 0 aromatic heterocycles. The summed E-state index contributed by atoms with van der Waals surface area (Å²) in [7, 11) is 0. The fourth-order valence-corrected chi connectivity index (χ4v) is 2.13. The van der Waals surface area contributed by atoms with Crippen LogP contribution in [0.5, 0.6) is 0 Å². The quantitative estimate of drug-likeness (QED) is 0.609. The molecule has 116 valence electrons. The Bertz CT molecular complexity index is 304. The molecule has 6 nitrogen and oxygen atoms in total. The first-order valence-corrected chi connectivity index (χ1v) is 7.40. The molecular formula is C14H26N2O4. The predicted octanol–water partition coefficient (Wildman–Crippen LogP) is 0.510. The summed E-state index contributed by atoms with van der Waals surface area (Å²) in [5, 5.41) is 0. The summed E-state index contributed by atoms with van der Waals surface area (Å²) in [6.07, 6.45) is 0.731. The maximum absolute atomic E-state index is 11.9. The van der Waals surface area contributed by atoms with Crippen LogP contribution in [0.25, 0.3) is 0 Å². The molecule has 1 amide bonds. The van der Waals surface area contributed by atoms with Crippen LogP contribution < -0.4 is 0 Å². The minimum Gasteiger partial charge on any atom is -0.466 e. The van der Waals surface area contributed by atoms with Crippen LogP contribution >= 0.6 is 0 Å². The number of hydrogen-bond donors (Lipinski definition) is 0. The molecule has 0 atom stereocenters. The molecule has 0 bridgehead atoms. The van der Waals surface area contributed by atoms with E-state index in [1.165, 1.54) is 0 Å². The molecule has 1 fully saturated rings. The fourth-order valence-electron chi connectivity index (χ4n) is 2.13. The molecule has 0 aliphatic carbocycles. The van der Waals surface area contributed by atoms with Crippen molar-refractivity contribution in [2.24, 2.45) is 0 Å². The summed E-state index contributed by atoms with van der Waals surface area (Å²) in [5.74, 6) is -0.157. The number of amides is 1. The zero-order chi connectivity index (χ0) is 14.8. The summed E-state index contributed by atoms with van der Waals surface area (Å²) >= 11 is 0. The summed E-state index contributed by atoms with van der Waals surface area (Å²) in [6, 6.07) is 0. The first-order chi connectivity index (χ1) is 9.67. The molecule has 20 heavy (non-hydrogen) atoms. The van der Waals surface area contributed by atoms with E-state index in [1.54, 1.807) is 11.8 Å². The van der Waals surface area contributed by atoms with Gasteiger partial charge in [-0.1, -0.05) is 6.92 Å². The van der Waals surface area contributed by atoms with Crippen molar-refractivity contribution in [1.82, 2.24) is 9.80 Å². The van der Waals surface area contributed by atoms with Gasteiger partial charge in [-0.05, 0) is 6.92 Å². The van der Waals surface area contributed by atoms with Crippen molar-refractivity contribution in [3.05, 3.63) is 0 Å². The van der Waals surface area contributed by atoms with E-state index >= 15 is 0 Å². The maximum atomic E-state index is 11.9. The molecule has 6 heteroatoms. The van der Waals surface area contributed by atoms with Gasteiger partial charge in [0.2, 0.25) is 5.91 Å². The monoisotopic (exact) mass is 286 g/mol. The second-order valence-electron chi connectivity index (χ2n) is 4.74. The predicted molar refractivity (Wildman–Crippen MR) is 75.4 cm³/mol. The van der Waals surface area contributed by atoms with Crippen LogP contribution in [0.15, 0.2) is 0 Å². The van der Waals surface area contributed by atoms with Crippen LogP contribution in [0.1, 0.15) is 26.7 Å². The van der Waals surface area contributed by atoms with Gasteiger partial charge in [0.25, 0.3) is 0 Å². The second-order valence-corrected chi connectivity index (χ2v) is 4.74. The molecule has 0 radical (unpaired) electrons. The van der Waals surface area contributed by atoms with Gasteiger partial charge < -0.3 is 14.4 Å². The Balaban J connectivity index is 2.34. The highest BCUT2D eigenvalue weighted by molar-refractivity contribution is 5.77. The average Bonchev–Trinajstić information content (AvgIpc) is 2.48. The lowest BCUT2D eigenvalue weighted by Crippen LogP contribution is -2.43. The third kappa shape index (κ3) is 6.34. The van der Waals surface area contributed by atoms with E-state index < -0.39 is 0 Å². The van der Waals surface area contributed by atoms with Gasteiger partial charge >= 0.3 is 5.97 Å². The molecule has 1 aliphatic heterocycles. The van der Waals surface area contributed by atoms with E-state index in [-0.39, 0.29) is 18.3 Å². The largest absolute Gasteiger partial charge is 0.466 e. The van der Waals surface area contributed by atoms with E-state index in [2.05, 4.69) is 4.90 Å². The molecule has 1 rings (SSSR count). The fraction of sp³-hybridized carbons (Fsp3) is 0.857. The first-order valence-electron chi connectivity index (χ1n) is 7.40. The van der Waals surface area contributed by atoms with E-state index in [1.807, 2.05) is 6.92 Å². The smallest absolute Gasteiger partial charge is 0.307 e. The first kappa shape index (κ1) is 16.9. The number of ether oxygens (including phenoxy) is 2. The van der Waals surface area contributed by atoms with Crippen molar-refractivity contribution in [1.29, 1.82) is 0 Å². The van der Waals surface area contributed by atoms with Crippen molar-refractivity contribution in [2.75, 3.05) is 52.5 Å². The van der Waals surface area contributed by atoms with Crippen LogP contribution in [0, 0.1) is 0 Å². The molecule has 1 aliphatic rings. The van der Waals surface area contributed by atoms with E-state index in [0.717, 1.165) is 32.8 Å². The van der Waals surface area contributed by atoms with Gasteiger partial charge in [-0.15, -0.1) is 0 Å². The average molecular weight is 286 g/mol. The Hall–Kier alpha value is -1.14. The maximum Gasteiger partial charge on any atom is 0.307 e. The lowest BCUT2D eigenvalue weighted by Gasteiger charge is -2.30. The van der Waals surface area contributed by atoms with Crippen LogP contribution in [-0.4, -0.2) is 74.2 Å². The highest BCUT2D eigenvalue weighted by atomic mass is 16.5. The molecule has 0 N–H and O–H groups in total. The van der Waals surface area contributed by atoms with E-state index in [4.69, 9.17) is 9.47 Å². The summed E-state index contributed by atoms with van der Waals surface area (Å²) < 4.78 is 10.2. The Kier molecular flexibility index (Phi) is 8.22. The van der Waals surface area contributed by atoms with Gasteiger partial charge in [0.05, 0.1) is 26.2 Å². The molecular weight excluding hydrogens is 260 g/mol. The number of rotatable bonds is 8. The third-order valence-corrected chi connectivity index (χ3v) is 3.34. The molecule has 0 aromatic rings. The molecule has 0 unspecified atom stereocenters. The number of hydrogen-bond acceptors (Lipinski definition) is 5. The highest BCUT2D eigenvalue weighted by Gasteiger charge is 2.16. The minimum atomic E-state index is -0.243. The summed E-state index contributed by atoms with van der Waals surface area (Å²) in [6.45, 7) is 9.26. The third-order valence-electron chi connectivity index (χ3n) is 3.34. The second kappa shape index (κ2) is 9.72. The standard InChI is InChI=1S/C14H26N2O4/c1-3-13(17)16(6-5-14(18)20-4-2)8-7-15-9-11-19-12-10-15/h3-12H2,1-2H3. The molecule has 1 heterocycles. The van der Waals surface area contributed by atoms with Crippen molar-refractivity contribution in [2.45, 2.75) is 26.7 Å². The van der Waals surface area contributed by atoms with Crippen molar-refractivity contribution >= 4 is 11.9 Å². The van der Waals surface area contributed by atoms with Gasteiger partial charge in [-0.2, -0.15) is 0 Å². The Morgan fingerprint density at radius 3 is 2.50 bits per heavy atom. The molecule has 1 saturated heterocycles. The molecule has 0 aromatic carbocycles. The van der Waals surface area contributed by atoms with Crippen LogP contribution in [0.3, 0.4) is 0 Å². The molecule has 0 saturated carbocycles. The van der Waals surface area contributed by atoms with Crippen molar-refractivity contribution in [3.63, 3.8) is 0 Å². The van der Waals surface area contributed by atoms with Crippen LogP contribution in [-0.2, 0) is 19.1 Å². The van der Waals surface area contributed by atoms with Crippen molar-refractivity contribution < 1.29 is 19.1 Å². The summed E-state index contributed by atoms with van der Waals surface area (Å²) in [4.78, 5) is 27.3.